The van der Waals surface area contributed by atoms with Crippen LogP contribution in [0.15, 0.2) is 23.3 Å². The van der Waals surface area contributed by atoms with Gasteiger partial charge in [0.05, 0.1) is 0 Å². The van der Waals surface area contributed by atoms with Crippen LogP contribution in [0.5, 0.6) is 0 Å². The Hall–Kier alpha value is -1.62. The smallest absolute Gasteiger partial charge is 0.259 e. The Morgan fingerprint density at radius 1 is 1.47 bits per heavy atom. The zero-order valence-electron chi connectivity index (χ0n) is 10.1. The number of nitrogens with one attached hydrogen (secondary N) is 1. The molecule has 92 valence electrons. The first-order chi connectivity index (χ1) is 8.09. The summed E-state index contributed by atoms with van der Waals surface area (Å²) in [7, 11) is 2.04. The number of carbonyl (C=O) groups is 1. The van der Waals surface area contributed by atoms with Gasteiger partial charge in [-0.05, 0) is 14.0 Å². The van der Waals surface area contributed by atoms with E-state index in [0.29, 0.717) is 19.1 Å². The molecule has 1 fully saturated rings. The van der Waals surface area contributed by atoms with E-state index in [1.165, 1.54) is 18.5 Å². The summed E-state index contributed by atoms with van der Waals surface area (Å²) in [6.45, 7) is 4.27. The third-order valence-electron chi connectivity index (χ3n) is 3.30. The third-order valence-corrected chi connectivity index (χ3v) is 3.30. The van der Waals surface area contributed by atoms with Gasteiger partial charge in [-0.2, -0.15) is 0 Å². The molecule has 0 aliphatic carbocycles. The van der Waals surface area contributed by atoms with Gasteiger partial charge in [0.15, 0.2) is 5.43 Å². The Labute approximate surface area is 100 Å². The second-order valence-electron chi connectivity index (χ2n) is 4.50. The Morgan fingerprint density at radius 2 is 2.24 bits per heavy atom. The van der Waals surface area contributed by atoms with Crippen molar-refractivity contribution in [2.75, 3.05) is 26.7 Å². The summed E-state index contributed by atoms with van der Waals surface area (Å²) in [6, 6.07) is 1.71. The maximum absolute atomic E-state index is 12.2. The van der Waals surface area contributed by atoms with E-state index in [4.69, 9.17) is 0 Å². The highest BCUT2D eigenvalue weighted by Crippen LogP contribution is 2.09. The molecule has 5 heteroatoms. The molecule has 17 heavy (non-hydrogen) atoms. The van der Waals surface area contributed by atoms with Crippen LogP contribution in [0.25, 0.3) is 0 Å². The van der Waals surface area contributed by atoms with E-state index in [1.807, 2.05) is 7.05 Å². The molecule has 1 N–H and O–H groups in total. The number of hydrogen-bond donors (Lipinski definition) is 1. The Balaban J connectivity index is 2.17. The standard InChI is InChI=1S/C12H17N3O2/c1-9-8-15(6-5-14(9)2)12(17)10-7-13-4-3-11(10)16/h3-4,7,9H,5-6,8H2,1-2H3,(H,13,16). The molecule has 2 rings (SSSR count). The fourth-order valence-corrected chi connectivity index (χ4v) is 1.99. The second kappa shape index (κ2) is 4.71. The molecule has 2 heterocycles. The van der Waals surface area contributed by atoms with Crippen molar-refractivity contribution in [3.05, 3.63) is 34.2 Å². The van der Waals surface area contributed by atoms with Crippen LogP contribution in [0, 0.1) is 0 Å². The summed E-state index contributed by atoms with van der Waals surface area (Å²) in [5, 5.41) is 0. The molecule has 0 aromatic carbocycles. The quantitative estimate of drug-likeness (QED) is 0.754. The van der Waals surface area contributed by atoms with Crippen LogP contribution in [-0.4, -0.2) is 53.4 Å². The number of aromatic nitrogens is 1. The first kappa shape index (κ1) is 11.9. The molecule has 0 spiro atoms. The molecule has 1 saturated heterocycles. The van der Waals surface area contributed by atoms with E-state index >= 15 is 0 Å². The molecular weight excluding hydrogens is 218 g/mol. The van der Waals surface area contributed by atoms with Crippen LogP contribution in [0.4, 0.5) is 0 Å². The summed E-state index contributed by atoms with van der Waals surface area (Å²) < 4.78 is 0. The normalized spacial score (nSPS) is 21.5. The van der Waals surface area contributed by atoms with Crippen molar-refractivity contribution in [3.63, 3.8) is 0 Å². The van der Waals surface area contributed by atoms with Crippen molar-refractivity contribution in [3.8, 4) is 0 Å². The van der Waals surface area contributed by atoms with Crippen LogP contribution in [0.3, 0.4) is 0 Å². The number of nitrogens with zero attached hydrogens (tertiary/aromatic N) is 2. The Morgan fingerprint density at radius 3 is 2.88 bits per heavy atom. The van der Waals surface area contributed by atoms with E-state index in [-0.39, 0.29) is 16.9 Å². The molecule has 5 nitrogen and oxygen atoms in total. The van der Waals surface area contributed by atoms with Crippen LogP contribution in [-0.2, 0) is 0 Å². The molecule has 0 saturated carbocycles. The van der Waals surface area contributed by atoms with E-state index in [1.54, 1.807) is 4.90 Å². The Kier molecular flexibility index (Phi) is 3.28. The molecule has 1 unspecified atom stereocenters. The van der Waals surface area contributed by atoms with Gasteiger partial charge in [-0.15, -0.1) is 0 Å². The maximum atomic E-state index is 12.2. The number of likely N-dealkylation sites (N-methyl/N-ethyl adjacent to an activating group) is 1. The number of amides is 1. The van der Waals surface area contributed by atoms with E-state index in [2.05, 4.69) is 16.8 Å². The lowest BCUT2D eigenvalue weighted by Gasteiger charge is -2.37. The highest BCUT2D eigenvalue weighted by Gasteiger charge is 2.26. The maximum Gasteiger partial charge on any atom is 0.259 e. The fourth-order valence-electron chi connectivity index (χ4n) is 1.99. The average molecular weight is 235 g/mol. The van der Waals surface area contributed by atoms with Crippen molar-refractivity contribution >= 4 is 5.91 Å². The van der Waals surface area contributed by atoms with Crippen LogP contribution in [0.2, 0.25) is 0 Å². The molecule has 1 aromatic rings. The number of carbonyl (C=O) groups excluding carboxylic acids is 1. The van der Waals surface area contributed by atoms with Gasteiger partial charge in [0.2, 0.25) is 0 Å². The van der Waals surface area contributed by atoms with Gasteiger partial charge in [0, 0.05) is 44.1 Å². The molecule has 1 amide bonds. The monoisotopic (exact) mass is 235 g/mol. The minimum atomic E-state index is -0.222. The zero-order valence-corrected chi connectivity index (χ0v) is 10.1. The van der Waals surface area contributed by atoms with Crippen LogP contribution < -0.4 is 5.43 Å². The largest absolute Gasteiger partial charge is 0.367 e. The molecule has 1 aliphatic rings. The number of rotatable bonds is 1. The first-order valence-corrected chi connectivity index (χ1v) is 5.76. The zero-order chi connectivity index (χ0) is 12.4. The number of hydrogen-bond acceptors (Lipinski definition) is 3. The summed E-state index contributed by atoms with van der Waals surface area (Å²) >= 11 is 0. The SMILES string of the molecule is CC1CN(C(=O)c2c[nH]ccc2=O)CCN1C. The lowest BCUT2D eigenvalue weighted by atomic mass is 10.1. The minimum absolute atomic E-state index is 0.174. The predicted molar refractivity (Wildman–Crippen MR) is 65.1 cm³/mol. The lowest BCUT2D eigenvalue weighted by Crippen LogP contribution is -2.52. The van der Waals surface area contributed by atoms with Crippen LogP contribution >= 0.6 is 0 Å². The topological polar surface area (TPSA) is 56.4 Å². The van der Waals surface area contributed by atoms with Gasteiger partial charge in [-0.1, -0.05) is 0 Å². The highest BCUT2D eigenvalue weighted by molar-refractivity contribution is 5.93. The van der Waals surface area contributed by atoms with Crippen molar-refractivity contribution < 1.29 is 4.79 Å². The molecular formula is C12H17N3O2. The lowest BCUT2D eigenvalue weighted by molar-refractivity contribution is 0.0571. The third kappa shape index (κ3) is 2.39. The summed E-state index contributed by atoms with van der Waals surface area (Å²) in [6.07, 6.45) is 3.01. The summed E-state index contributed by atoms with van der Waals surface area (Å²) in [5.74, 6) is -0.174. The molecule has 0 radical (unpaired) electrons. The van der Waals surface area contributed by atoms with Gasteiger partial charge in [-0.3, -0.25) is 9.59 Å². The Bertz CT molecular complexity index is 469. The second-order valence-corrected chi connectivity index (χ2v) is 4.50. The van der Waals surface area contributed by atoms with Crippen molar-refractivity contribution in [2.24, 2.45) is 0 Å². The van der Waals surface area contributed by atoms with Crippen molar-refractivity contribution in [2.45, 2.75) is 13.0 Å². The highest BCUT2D eigenvalue weighted by atomic mass is 16.2. The van der Waals surface area contributed by atoms with Gasteiger partial charge in [0.1, 0.15) is 5.56 Å². The summed E-state index contributed by atoms with van der Waals surface area (Å²) in [5.41, 5.74) is 0.00424. The van der Waals surface area contributed by atoms with E-state index in [0.717, 1.165) is 6.54 Å². The minimum Gasteiger partial charge on any atom is -0.367 e. The number of aromatic amines is 1. The van der Waals surface area contributed by atoms with Gasteiger partial charge < -0.3 is 14.8 Å². The van der Waals surface area contributed by atoms with Crippen LogP contribution in [0.1, 0.15) is 17.3 Å². The average Bonchev–Trinajstić information content (AvgIpc) is 2.32. The first-order valence-electron chi connectivity index (χ1n) is 5.76. The molecule has 1 aliphatic heterocycles. The van der Waals surface area contributed by atoms with E-state index in [9.17, 15) is 9.59 Å². The molecule has 1 aromatic heterocycles. The fraction of sp³-hybridized carbons (Fsp3) is 0.500. The molecule has 0 bridgehead atoms. The summed E-state index contributed by atoms with van der Waals surface area (Å²) in [4.78, 5) is 30.5. The van der Waals surface area contributed by atoms with Gasteiger partial charge >= 0.3 is 0 Å². The van der Waals surface area contributed by atoms with Crippen molar-refractivity contribution in [1.29, 1.82) is 0 Å². The van der Waals surface area contributed by atoms with Crippen molar-refractivity contribution in [1.82, 2.24) is 14.8 Å². The van der Waals surface area contributed by atoms with Gasteiger partial charge in [0.25, 0.3) is 5.91 Å². The van der Waals surface area contributed by atoms with E-state index < -0.39 is 0 Å². The molecule has 1 atom stereocenters. The van der Waals surface area contributed by atoms with Gasteiger partial charge in [-0.25, -0.2) is 0 Å². The number of piperazine rings is 1. The number of pyridine rings is 1. The predicted octanol–water partition coefficient (Wildman–Crippen LogP) is 0.151. The number of H-pyrrole nitrogens is 1.